The fourth-order valence-electron chi connectivity index (χ4n) is 13.5. The highest BCUT2D eigenvalue weighted by molar-refractivity contribution is 5.26. The van der Waals surface area contributed by atoms with Gasteiger partial charge in [0.1, 0.15) is 67.1 Å². The average Bonchev–Trinajstić information content (AvgIpc) is 3.70. The van der Waals surface area contributed by atoms with Gasteiger partial charge in [-0.05, 0) is 98.7 Å². The van der Waals surface area contributed by atoms with Crippen LogP contribution in [-0.4, -0.2) is 186 Å². The number of allylic oxidation sites excluding steroid dienone is 1. The third kappa shape index (κ3) is 8.51. The Morgan fingerprint density at radius 2 is 1.40 bits per heavy atom. The van der Waals surface area contributed by atoms with Gasteiger partial charge in [0.25, 0.3) is 0 Å². The molecule has 63 heavy (non-hydrogen) atoms. The average molecular weight is 903 g/mol. The molecular weight excluding hydrogens is 828 g/mol. The topological polar surface area (TPSA) is 287 Å². The molecule has 3 saturated carbocycles. The molecule has 18 nitrogen and oxygen atoms in total. The number of aliphatic hydroxyl groups is 11. The van der Waals surface area contributed by atoms with E-state index in [4.69, 9.17) is 33.2 Å². The van der Waals surface area contributed by atoms with E-state index in [0.29, 0.717) is 43.4 Å². The Labute approximate surface area is 369 Å². The highest BCUT2D eigenvalue weighted by Crippen LogP contribution is 2.70. The predicted molar refractivity (Wildman–Crippen MR) is 218 cm³/mol. The van der Waals surface area contributed by atoms with Gasteiger partial charge in [-0.3, -0.25) is 0 Å². The standard InChI is InChI=1S/C45H74O18/c1-19(18-57-40-37(54)35(52)32(49)28(16-46)60-40)8-13-45(56)20(2)30-27(63-45)15-26-24-7-6-22-14-23(9-11-43(22,4)25(24)10-12-44(26,30)5)59-42-39(36(53)33(50)29(17-47)61-42)62-41-38(55)34(51)31(48)21(3)58-41/h6,19-21,23-42,46-56H,7-18H2,1-5H3/t19?,20-,21-,23-,24+,25-,26-,27?,28+,29+,30-,31-,32+,33+,34+,35-,36-,37+,38+,39+,40+,41-,42+,43-,44-,45?/m0/s1. The van der Waals surface area contributed by atoms with Gasteiger partial charge in [0.15, 0.2) is 24.7 Å². The van der Waals surface area contributed by atoms with Crippen LogP contribution in [0.2, 0.25) is 0 Å². The van der Waals surface area contributed by atoms with Gasteiger partial charge >= 0.3 is 0 Å². The molecular formula is C45H74O18. The van der Waals surface area contributed by atoms with Gasteiger partial charge in [-0.1, -0.05) is 39.3 Å². The van der Waals surface area contributed by atoms with Gasteiger partial charge in [-0.2, -0.15) is 0 Å². The van der Waals surface area contributed by atoms with Crippen LogP contribution in [0.15, 0.2) is 11.6 Å². The SMILES string of the molecule is CC(CCC1(O)OC2C[C@H]3[C@@H]4CC=C5C[C@@H](O[C@@H]6O[C@H](CO)[C@@H](O)[C@H](O)[C@H]6O[C@@H]6O[C@@H](C)[C@H](O)[C@@H](O)[C@H]6O)CC[C@]5(C)[C@H]4CC[C@]3(C)[C@H]2[C@@H]1C)CO[C@@H]1O[C@H](CO)[C@@H](O)[C@H](O)[C@H]1O. The summed E-state index contributed by atoms with van der Waals surface area (Å²) in [6.45, 7) is 9.43. The molecule has 362 valence electrons. The van der Waals surface area contributed by atoms with Crippen LogP contribution in [0, 0.1) is 46.3 Å². The lowest BCUT2D eigenvalue weighted by atomic mass is 9.47. The van der Waals surface area contributed by atoms with Crippen molar-refractivity contribution in [3.8, 4) is 0 Å². The number of hydrogen-bond acceptors (Lipinski definition) is 18. The van der Waals surface area contributed by atoms with Crippen molar-refractivity contribution in [3.63, 3.8) is 0 Å². The van der Waals surface area contributed by atoms with Crippen molar-refractivity contribution >= 4 is 0 Å². The largest absolute Gasteiger partial charge is 0.394 e. The first kappa shape index (κ1) is 48.5. The fraction of sp³-hybridized carbons (Fsp3) is 0.956. The van der Waals surface area contributed by atoms with Crippen LogP contribution in [0.5, 0.6) is 0 Å². The van der Waals surface area contributed by atoms with Crippen molar-refractivity contribution in [1.29, 1.82) is 0 Å². The molecule has 7 fully saturated rings. The third-order valence-corrected chi connectivity index (χ3v) is 17.4. The van der Waals surface area contributed by atoms with E-state index in [1.165, 1.54) is 12.5 Å². The normalized spacial score (nSPS) is 55.0. The van der Waals surface area contributed by atoms with Crippen LogP contribution in [0.25, 0.3) is 0 Å². The minimum absolute atomic E-state index is 0.0148. The molecule has 4 aliphatic heterocycles. The van der Waals surface area contributed by atoms with Crippen LogP contribution < -0.4 is 0 Å². The maximum Gasteiger partial charge on any atom is 0.187 e. The Hall–Kier alpha value is -0.980. The predicted octanol–water partition coefficient (Wildman–Crippen LogP) is -0.831. The summed E-state index contributed by atoms with van der Waals surface area (Å²) < 4.78 is 42.1. The summed E-state index contributed by atoms with van der Waals surface area (Å²) in [6.07, 6.45) is -11.5. The lowest BCUT2D eigenvalue weighted by Crippen LogP contribution is -2.64. The molecule has 3 unspecified atom stereocenters. The minimum Gasteiger partial charge on any atom is -0.394 e. The van der Waals surface area contributed by atoms with Crippen LogP contribution in [0.3, 0.4) is 0 Å². The Kier molecular flexibility index (Phi) is 14.2. The number of hydrogen-bond donors (Lipinski definition) is 11. The molecule has 0 aromatic rings. The molecule has 4 aliphatic carbocycles. The van der Waals surface area contributed by atoms with E-state index in [1.54, 1.807) is 0 Å². The third-order valence-electron chi connectivity index (χ3n) is 17.4. The van der Waals surface area contributed by atoms with Gasteiger partial charge in [0.2, 0.25) is 0 Å². The summed E-state index contributed by atoms with van der Waals surface area (Å²) >= 11 is 0. The monoisotopic (exact) mass is 902 g/mol. The first-order valence-corrected chi connectivity index (χ1v) is 23.4. The molecule has 4 heterocycles. The maximum atomic E-state index is 12.0. The van der Waals surface area contributed by atoms with E-state index >= 15 is 0 Å². The first-order chi connectivity index (χ1) is 29.8. The van der Waals surface area contributed by atoms with Gasteiger partial charge in [-0.15, -0.1) is 0 Å². The molecule has 4 saturated heterocycles. The molecule has 26 atom stereocenters. The van der Waals surface area contributed by atoms with E-state index in [0.717, 1.165) is 32.1 Å². The maximum absolute atomic E-state index is 12.0. The highest BCUT2D eigenvalue weighted by Gasteiger charge is 2.68. The Bertz CT molecular complexity index is 1600. The summed E-state index contributed by atoms with van der Waals surface area (Å²) in [7, 11) is 0. The van der Waals surface area contributed by atoms with Crippen molar-refractivity contribution in [2.24, 2.45) is 46.3 Å². The fourth-order valence-corrected chi connectivity index (χ4v) is 13.5. The van der Waals surface area contributed by atoms with E-state index in [1.807, 2.05) is 6.92 Å². The van der Waals surface area contributed by atoms with Crippen LogP contribution in [-0.2, 0) is 33.2 Å². The van der Waals surface area contributed by atoms with Crippen LogP contribution in [0.1, 0.15) is 92.4 Å². The van der Waals surface area contributed by atoms with Crippen molar-refractivity contribution in [2.75, 3.05) is 19.8 Å². The van der Waals surface area contributed by atoms with Crippen molar-refractivity contribution < 1.29 is 89.3 Å². The second-order valence-electron chi connectivity index (χ2n) is 21.0. The van der Waals surface area contributed by atoms with Crippen molar-refractivity contribution in [3.05, 3.63) is 11.6 Å². The van der Waals surface area contributed by atoms with Crippen LogP contribution >= 0.6 is 0 Å². The van der Waals surface area contributed by atoms with Crippen molar-refractivity contribution in [1.82, 2.24) is 0 Å². The molecule has 8 rings (SSSR count). The number of rotatable bonds is 12. The molecule has 8 aliphatic rings. The molecule has 0 bridgehead atoms. The van der Waals surface area contributed by atoms with E-state index in [2.05, 4.69) is 26.8 Å². The van der Waals surface area contributed by atoms with Gasteiger partial charge in [0.05, 0.1) is 38.1 Å². The quantitative estimate of drug-likeness (QED) is 0.107. The smallest absolute Gasteiger partial charge is 0.187 e. The zero-order valence-corrected chi connectivity index (χ0v) is 37.1. The van der Waals surface area contributed by atoms with Gasteiger partial charge < -0.3 is 89.3 Å². The summed E-state index contributed by atoms with van der Waals surface area (Å²) in [5.41, 5.74) is 1.23. The van der Waals surface area contributed by atoms with E-state index in [9.17, 15) is 56.2 Å². The lowest BCUT2D eigenvalue weighted by Gasteiger charge is -2.58. The molecule has 0 aromatic heterocycles. The summed E-state index contributed by atoms with van der Waals surface area (Å²) in [5.74, 6) is 0.0506. The first-order valence-electron chi connectivity index (χ1n) is 23.4. The summed E-state index contributed by atoms with van der Waals surface area (Å²) in [5, 5.41) is 115. The molecule has 11 N–H and O–H groups in total. The second kappa shape index (κ2) is 18.5. The summed E-state index contributed by atoms with van der Waals surface area (Å²) in [4.78, 5) is 0. The van der Waals surface area contributed by atoms with Gasteiger partial charge in [-0.25, -0.2) is 0 Å². The van der Waals surface area contributed by atoms with E-state index in [-0.39, 0.29) is 47.4 Å². The summed E-state index contributed by atoms with van der Waals surface area (Å²) in [6, 6.07) is 0. The highest BCUT2D eigenvalue weighted by atomic mass is 16.8. The van der Waals surface area contributed by atoms with Crippen molar-refractivity contribution in [2.45, 2.75) is 203 Å². The Morgan fingerprint density at radius 3 is 2.10 bits per heavy atom. The second-order valence-corrected chi connectivity index (χ2v) is 21.0. The minimum atomic E-state index is -1.65. The van der Waals surface area contributed by atoms with Crippen LogP contribution in [0.4, 0.5) is 0 Å². The number of ether oxygens (including phenoxy) is 7. The molecule has 0 radical (unpaired) electrons. The molecule has 18 heteroatoms. The van der Waals surface area contributed by atoms with Gasteiger partial charge in [0, 0.05) is 12.3 Å². The lowest BCUT2D eigenvalue weighted by molar-refractivity contribution is -0.369. The molecule has 0 spiro atoms. The Morgan fingerprint density at radius 1 is 0.746 bits per heavy atom. The molecule has 0 amide bonds. The van der Waals surface area contributed by atoms with E-state index < -0.39 is 111 Å². The number of aliphatic hydroxyl groups excluding tert-OH is 10. The zero-order chi connectivity index (χ0) is 45.5. The zero-order valence-electron chi connectivity index (χ0n) is 37.1. The molecule has 0 aromatic carbocycles. The number of fused-ring (bicyclic) bond motifs is 7. The Balaban J connectivity index is 0.885.